The van der Waals surface area contributed by atoms with Crippen LogP contribution in [0.5, 0.6) is 5.75 Å². The molecule has 0 radical (unpaired) electrons. The molecule has 3 N–H and O–H groups in total. The van der Waals surface area contributed by atoms with Gasteiger partial charge in [-0.15, -0.1) is 10.2 Å². The zero-order valence-electron chi connectivity index (χ0n) is 13.6. The van der Waals surface area contributed by atoms with Crippen LogP contribution in [0.15, 0.2) is 59.4 Å². The van der Waals surface area contributed by atoms with E-state index in [9.17, 15) is 4.79 Å². The molecular weight excluding hydrogens is 318 g/mol. The molecule has 0 spiro atoms. The minimum absolute atomic E-state index is 0.145. The molecule has 0 saturated heterocycles. The highest BCUT2D eigenvalue weighted by Gasteiger charge is 2.08. The fraction of sp³-hybridized carbons (Fsp3) is 0.0556. The summed E-state index contributed by atoms with van der Waals surface area (Å²) in [6, 6.07) is 16.7. The van der Waals surface area contributed by atoms with Gasteiger partial charge >= 0.3 is 0 Å². The van der Waals surface area contributed by atoms with Crippen LogP contribution in [0.3, 0.4) is 0 Å². The molecule has 0 bridgehead atoms. The van der Waals surface area contributed by atoms with Crippen molar-refractivity contribution in [2.45, 2.75) is 0 Å². The van der Waals surface area contributed by atoms with Gasteiger partial charge < -0.3 is 15.9 Å². The smallest absolute Gasteiger partial charge is 0.299 e. The van der Waals surface area contributed by atoms with E-state index in [1.54, 1.807) is 43.5 Å². The summed E-state index contributed by atoms with van der Waals surface area (Å²) in [7, 11) is 1.59. The summed E-state index contributed by atoms with van der Waals surface area (Å²) >= 11 is 0. The third-order valence-electron chi connectivity index (χ3n) is 3.50. The van der Waals surface area contributed by atoms with Gasteiger partial charge in [-0.1, -0.05) is 36.4 Å². The normalized spacial score (nSPS) is 10.8. The Morgan fingerprint density at radius 2 is 1.76 bits per heavy atom. The van der Waals surface area contributed by atoms with Crippen molar-refractivity contribution in [2.75, 3.05) is 18.3 Å². The van der Waals surface area contributed by atoms with Gasteiger partial charge in [-0.3, -0.25) is 4.79 Å². The second-order valence-electron chi connectivity index (χ2n) is 5.18. The Kier molecular flexibility index (Phi) is 4.75. The van der Waals surface area contributed by atoms with Crippen molar-refractivity contribution in [3.8, 4) is 5.75 Å². The molecule has 0 saturated carbocycles. The zero-order valence-corrected chi connectivity index (χ0v) is 13.6. The first-order valence-electron chi connectivity index (χ1n) is 7.56. The van der Waals surface area contributed by atoms with E-state index in [2.05, 4.69) is 15.5 Å². The van der Waals surface area contributed by atoms with Crippen LogP contribution in [0.25, 0.3) is 12.2 Å². The Balaban J connectivity index is 1.82. The molecule has 25 heavy (non-hydrogen) atoms. The minimum Gasteiger partial charge on any atom is -0.497 e. The molecule has 7 nitrogen and oxygen atoms in total. The van der Waals surface area contributed by atoms with Crippen LogP contribution >= 0.6 is 0 Å². The van der Waals surface area contributed by atoms with Crippen molar-refractivity contribution in [2.24, 2.45) is 0 Å². The largest absolute Gasteiger partial charge is 0.497 e. The van der Waals surface area contributed by atoms with Gasteiger partial charge in [-0.05, 0) is 35.9 Å². The summed E-state index contributed by atoms with van der Waals surface area (Å²) in [5.41, 5.74) is 1.37. The monoisotopic (exact) mass is 335 g/mol. The van der Waals surface area contributed by atoms with Crippen LogP contribution in [-0.2, 0) is 0 Å². The van der Waals surface area contributed by atoms with Gasteiger partial charge in [0.25, 0.3) is 5.56 Å². The van der Waals surface area contributed by atoms with Crippen molar-refractivity contribution >= 4 is 23.8 Å². The molecule has 1 heterocycles. The summed E-state index contributed by atoms with van der Waals surface area (Å²) in [5.74, 6) is 6.71. The molecule has 126 valence electrons. The molecule has 0 aliphatic carbocycles. The highest BCUT2D eigenvalue weighted by Crippen LogP contribution is 2.17. The molecule has 3 rings (SSSR count). The third-order valence-corrected chi connectivity index (χ3v) is 3.50. The number of nitrogens with one attached hydrogen (secondary N) is 1. The summed E-state index contributed by atoms with van der Waals surface area (Å²) in [6.45, 7) is 0. The molecule has 3 aromatic rings. The lowest BCUT2D eigenvalue weighted by molar-refractivity contribution is 0.415. The lowest BCUT2D eigenvalue weighted by Crippen LogP contribution is -2.32. The van der Waals surface area contributed by atoms with Gasteiger partial charge in [0.1, 0.15) is 5.75 Å². The standard InChI is InChI=1S/C18H17N5O2/c1-25-15-10-8-14(9-11-15)20-18-22-21-16(17(24)23(18)19)12-7-13-5-3-2-4-6-13/h2-12H,19H2,1H3,(H,20,22). The first kappa shape index (κ1) is 16.3. The molecule has 0 fully saturated rings. The number of ether oxygens (including phenoxy) is 1. The summed E-state index contributed by atoms with van der Waals surface area (Å²) in [6.07, 6.45) is 3.37. The van der Waals surface area contributed by atoms with Gasteiger partial charge in [0.05, 0.1) is 7.11 Å². The number of methoxy groups -OCH3 is 1. The zero-order chi connectivity index (χ0) is 17.6. The SMILES string of the molecule is COc1ccc(Nc2nnc(C=Cc3ccccc3)c(=O)n2N)cc1. The number of aromatic nitrogens is 3. The number of rotatable bonds is 5. The quantitative estimate of drug-likeness (QED) is 0.695. The number of nitrogens with zero attached hydrogens (tertiary/aromatic N) is 3. The lowest BCUT2D eigenvalue weighted by Gasteiger charge is -2.09. The Morgan fingerprint density at radius 3 is 2.44 bits per heavy atom. The van der Waals surface area contributed by atoms with Gasteiger partial charge in [-0.25, -0.2) is 0 Å². The van der Waals surface area contributed by atoms with Crippen LogP contribution in [0.2, 0.25) is 0 Å². The molecule has 0 aliphatic rings. The topological polar surface area (TPSA) is 95.1 Å². The van der Waals surface area contributed by atoms with Crippen LogP contribution < -0.4 is 21.5 Å². The van der Waals surface area contributed by atoms with E-state index in [1.165, 1.54) is 0 Å². The first-order chi connectivity index (χ1) is 12.2. The van der Waals surface area contributed by atoms with Crippen LogP contribution in [0.4, 0.5) is 11.6 Å². The Labute approximate surface area is 144 Å². The number of nitrogen functional groups attached to an aromatic ring is 1. The van der Waals surface area contributed by atoms with E-state index >= 15 is 0 Å². The van der Waals surface area contributed by atoms with Crippen LogP contribution in [0, 0.1) is 0 Å². The van der Waals surface area contributed by atoms with Crippen molar-refractivity contribution < 1.29 is 4.74 Å². The Morgan fingerprint density at radius 1 is 1.04 bits per heavy atom. The van der Waals surface area contributed by atoms with Crippen molar-refractivity contribution in [3.63, 3.8) is 0 Å². The average molecular weight is 335 g/mol. The van der Waals surface area contributed by atoms with Gasteiger partial charge in [-0.2, -0.15) is 4.68 Å². The highest BCUT2D eigenvalue weighted by atomic mass is 16.5. The predicted molar refractivity (Wildman–Crippen MR) is 98.1 cm³/mol. The molecule has 0 atom stereocenters. The molecule has 0 aliphatic heterocycles. The molecule has 0 unspecified atom stereocenters. The molecule has 2 aromatic carbocycles. The van der Waals surface area contributed by atoms with E-state index in [1.807, 2.05) is 30.3 Å². The lowest BCUT2D eigenvalue weighted by atomic mass is 10.2. The summed E-state index contributed by atoms with van der Waals surface area (Å²) in [5, 5.41) is 10.9. The van der Waals surface area contributed by atoms with E-state index in [-0.39, 0.29) is 11.6 Å². The second-order valence-corrected chi connectivity index (χ2v) is 5.18. The number of hydrogen-bond acceptors (Lipinski definition) is 6. The molecule has 1 aromatic heterocycles. The number of nitrogens with two attached hydrogens (primary N) is 1. The second kappa shape index (κ2) is 7.31. The highest BCUT2D eigenvalue weighted by molar-refractivity contribution is 5.67. The van der Waals surface area contributed by atoms with Crippen molar-refractivity contribution in [3.05, 3.63) is 76.2 Å². The number of hydrogen-bond donors (Lipinski definition) is 2. The Hall–Kier alpha value is -3.61. The van der Waals surface area contributed by atoms with E-state index in [0.29, 0.717) is 5.69 Å². The van der Waals surface area contributed by atoms with Crippen molar-refractivity contribution in [1.29, 1.82) is 0 Å². The fourth-order valence-corrected chi connectivity index (χ4v) is 2.14. The van der Waals surface area contributed by atoms with E-state index in [4.69, 9.17) is 10.6 Å². The van der Waals surface area contributed by atoms with Crippen molar-refractivity contribution in [1.82, 2.24) is 14.9 Å². The summed E-state index contributed by atoms with van der Waals surface area (Å²) in [4.78, 5) is 12.3. The van der Waals surface area contributed by atoms with E-state index < -0.39 is 5.56 Å². The minimum atomic E-state index is -0.446. The molecule has 0 amide bonds. The number of benzene rings is 2. The fourth-order valence-electron chi connectivity index (χ4n) is 2.14. The molecular formula is C18H17N5O2. The van der Waals surface area contributed by atoms with Crippen LogP contribution in [0.1, 0.15) is 11.3 Å². The van der Waals surface area contributed by atoms with Gasteiger partial charge in [0.15, 0.2) is 5.69 Å². The maximum Gasteiger partial charge on any atom is 0.299 e. The third kappa shape index (κ3) is 3.84. The molecule has 7 heteroatoms. The first-order valence-corrected chi connectivity index (χ1v) is 7.56. The van der Waals surface area contributed by atoms with E-state index in [0.717, 1.165) is 16.0 Å². The van der Waals surface area contributed by atoms with Gasteiger partial charge in [0, 0.05) is 5.69 Å². The maximum absolute atomic E-state index is 12.3. The predicted octanol–water partition coefficient (Wildman–Crippen LogP) is 2.27. The number of anilines is 2. The van der Waals surface area contributed by atoms with Crippen LogP contribution in [-0.4, -0.2) is 22.0 Å². The maximum atomic E-state index is 12.3. The average Bonchev–Trinajstić information content (AvgIpc) is 2.66. The summed E-state index contributed by atoms with van der Waals surface area (Å²) < 4.78 is 6.03. The Bertz CT molecular complexity index is 934. The van der Waals surface area contributed by atoms with Gasteiger partial charge in [0.2, 0.25) is 5.95 Å².